The monoisotopic (exact) mass is 395 g/mol. The number of thiophene rings is 1. The molecule has 2 heterocycles. The molecule has 138 valence electrons. The van der Waals surface area contributed by atoms with E-state index in [4.69, 9.17) is 11.6 Å². The number of benzene rings is 1. The largest absolute Gasteiger partial charge is 0.342 e. The maximum atomic E-state index is 13.9. The van der Waals surface area contributed by atoms with Gasteiger partial charge in [-0.25, -0.2) is 4.39 Å². The van der Waals surface area contributed by atoms with Crippen LogP contribution >= 0.6 is 22.9 Å². The van der Waals surface area contributed by atoms with E-state index in [0.29, 0.717) is 48.2 Å². The van der Waals surface area contributed by atoms with E-state index >= 15 is 0 Å². The van der Waals surface area contributed by atoms with Crippen molar-refractivity contribution in [2.75, 3.05) is 32.7 Å². The topological polar surface area (TPSA) is 52.7 Å². The van der Waals surface area contributed by atoms with Gasteiger partial charge in [-0.3, -0.25) is 14.5 Å². The van der Waals surface area contributed by atoms with Gasteiger partial charge in [0.15, 0.2) is 0 Å². The van der Waals surface area contributed by atoms with Gasteiger partial charge < -0.3 is 10.2 Å². The molecule has 0 atom stereocenters. The molecule has 26 heavy (non-hydrogen) atoms. The summed E-state index contributed by atoms with van der Waals surface area (Å²) in [6.45, 7) is 2.75. The number of nitrogens with one attached hydrogen (secondary N) is 1. The fourth-order valence-electron chi connectivity index (χ4n) is 2.82. The van der Waals surface area contributed by atoms with Crippen molar-refractivity contribution < 1.29 is 14.0 Å². The second kappa shape index (κ2) is 8.62. The van der Waals surface area contributed by atoms with Gasteiger partial charge >= 0.3 is 0 Å². The Morgan fingerprint density at radius 1 is 1.15 bits per heavy atom. The number of piperazine rings is 1. The van der Waals surface area contributed by atoms with E-state index in [1.807, 2.05) is 5.38 Å². The van der Waals surface area contributed by atoms with Crippen LogP contribution in [0.25, 0.3) is 0 Å². The average molecular weight is 396 g/mol. The summed E-state index contributed by atoms with van der Waals surface area (Å²) >= 11 is 7.41. The Morgan fingerprint density at radius 3 is 2.58 bits per heavy atom. The van der Waals surface area contributed by atoms with Crippen LogP contribution in [0.15, 0.2) is 35.7 Å². The third-order valence-corrected chi connectivity index (χ3v) is 5.54. The zero-order valence-electron chi connectivity index (χ0n) is 14.1. The van der Waals surface area contributed by atoms with Crippen molar-refractivity contribution in [3.05, 3.63) is 57.0 Å². The Morgan fingerprint density at radius 2 is 1.92 bits per heavy atom. The Kier molecular flexibility index (Phi) is 6.24. The highest BCUT2D eigenvalue weighted by molar-refractivity contribution is 7.12. The number of halogens is 2. The van der Waals surface area contributed by atoms with Crippen LogP contribution in [0.2, 0.25) is 5.02 Å². The van der Waals surface area contributed by atoms with Crippen LogP contribution in [-0.4, -0.2) is 54.3 Å². The van der Waals surface area contributed by atoms with Gasteiger partial charge in [-0.2, -0.15) is 0 Å². The molecule has 8 heteroatoms. The number of carbonyl (C=O) groups is 2. The molecule has 1 fully saturated rings. The molecule has 0 saturated carbocycles. The minimum absolute atomic E-state index is 0.0180. The number of amides is 2. The van der Waals surface area contributed by atoms with Crippen LogP contribution in [-0.2, 0) is 11.3 Å². The van der Waals surface area contributed by atoms with Crippen LogP contribution in [0.3, 0.4) is 0 Å². The number of rotatable bonds is 5. The van der Waals surface area contributed by atoms with Crippen molar-refractivity contribution in [3.63, 3.8) is 0 Å². The lowest BCUT2D eigenvalue weighted by molar-refractivity contribution is -0.131. The minimum atomic E-state index is -0.313. The highest BCUT2D eigenvalue weighted by Gasteiger charge is 2.22. The van der Waals surface area contributed by atoms with E-state index in [2.05, 4.69) is 10.2 Å². The maximum Gasteiger partial charge on any atom is 0.261 e. The predicted octanol–water partition coefficient (Wildman–Crippen LogP) is 2.61. The third kappa shape index (κ3) is 4.60. The van der Waals surface area contributed by atoms with Crippen LogP contribution in [0.1, 0.15) is 15.2 Å². The van der Waals surface area contributed by atoms with E-state index in [-0.39, 0.29) is 24.2 Å². The van der Waals surface area contributed by atoms with Crippen LogP contribution in [0.5, 0.6) is 0 Å². The van der Waals surface area contributed by atoms with E-state index in [1.54, 1.807) is 29.2 Å². The number of carbonyl (C=O) groups excluding carboxylic acids is 2. The number of nitrogens with zero attached hydrogens (tertiary/aromatic N) is 2. The Hall–Kier alpha value is -1.96. The van der Waals surface area contributed by atoms with E-state index in [0.717, 1.165) is 0 Å². The highest BCUT2D eigenvalue weighted by atomic mass is 35.5. The van der Waals surface area contributed by atoms with Gasteiger partial charge in [0.1, 0.15) is 5.82 Å². The normalized spacial score (nSPS) is 15.1. The second-order valence-corrected chi connectivity index (χ2v) is 7.37. The molecular weight excluding hydrogens is 377 g/mol. The molecule has 1 aromatic carbocycles. The molecule has 0 unspecified atom stereocenters. The summed E-state index contributed by atoms with van der Waals surface area (Å²) in [5.41, 5.74) is 0.483. The SMILES string of the molecule is O=C(NCC(=O)N1CCN(Cc2c(F)cccc2Cl)CC1)c1cccs1. The summed E-state index contributed by atoms with van der Waals surface area (Å²) in [6.07, 6.45) is 0. The standard InChI is InChI=1S/C18H19ClFN3O2S/c19-14-3-1-4-15(20)13(14)12-22-6-8-23(9-7-22)17(24)11-21-18(25)16-5-2-10-26-16/h1-5,10H,6-9,11-12H2,(H,21,25). The summed E-state index contributed by atoms with van der Waals surface area (Å²) in [6, 6.07) is 8.18. The summed E-state index contributed by atoms with van der Waals surface area (Å²) in [5, 5.41) is 4.88. The molecule has 0 aliphatic carbocycles. The Balaban J connectivity index is 1.46. The molecule has 0 bridgehead atoms. The molecule has 0 radical (unpaired) electrons. The summed E-state index contributed by atoms with van der Waals surface area (Å²) in [4.78, 5) is 28.5. The van der Waals surface area contributed by atoms with Crippen LogP contribution in [0.4, 0.5) is 4.39 Å². The fraction of sp³-hybridized carbons (Fsp3) is 0.333. The van der Waals surface area contributed by atoms with Gasteiger partial charge in [-0.15, -0.1) is 11.3 Å². The molecule has 1 aliphatic heterocycles. The third-order valence-electron chi connectivity index (χ3n) is 4.31. The molecular formula is C18H19ClFN3O2S. The molecule has 2 amide bonds. The fourth-order valence-corrected chi connectivity index (χ4v) is 3.69. The molecule has 2 aromatic rings. The van der Waals surface area contributed by atoms with Gasteiger partial charge in [-0.1, -0.05) is 23.7 Å². The Bertz CT molecular complexity index is 756. The van der Waals surface area contributed by atoms with E-state index < -0.39 is 0 Å². The quantitative estimate of drug-likeness (QED) is 0.846. The van der Waals surface area contributed by atoms with Gasteiger partial charge in [0, 0.05) is 43.3 Å². The van der Waals surface area contributed by atoms with Crippen LogP contribution < -0.4 is 5.32 Å². The summed E-state index contributed by atoms with van der Waals surface area (Å²) < 4.78 is 13.9. The van der Waals surface area contributed by atoms with Crippen LogP contribution in [0, 0.1) is 5.82 Å². The molecule has 3 rings (SSSR count). The molecule has 1 N–H and O–H groups in total. The smallest absolute Gasteiger partial charge is 0.261 e. The lowest BCUT2D eigenvalue weighted by Gasteiger charge is -2.35. The van der Waals surface area contributed by atoms with Crippen molar-refractivity contribution in [2.24, 2.45) is 0 Å². The minimum Gasteiger partial charge on any atom is -0.342 e. The van der Waals surface area contributed by atoms with Gasteiger partial charge in [0.25, 0.3) is 5.91 Å². The van der Waals surface area contributed by atoms with Gasteiger partial charge in [0.2, 0.25) is 5.91 Å². The number of hydrogen-bond donors (Lipinski definition) is 1. The van der Waals surface area contributed by atoms with E-state index in [1.165, 1.54) is 17.4 Å². The zero-order chi connectivity index (χ0) is 18.5. The van der Waals surface area contributed by atoms with E-state index in [9.17, 15) is 14.0 Å². The van der Waals surface area contributed by atoms with Crippen molar-refractivity contribution in [3.8, 4) is 0 Å². The average Bonchev–Trinajstić information content (AvgIpc) is 3.18. The lowest BCUT2D eigenvalue weighted by Crippen LogP contribution is -2.50. The lowest BCUT2D eigenvalue weighted by atomic mass is 10.2. The predicted molar refractivity (Wildman–Crippen MR) is 99.9 cm³/mol. The Labute approximate surface area is 160 Å². The molecule has 1 saturated heterocycles. The molecule has 1 aromatic heterocycles. The van der Waals surface area contributed by atoms with Gasteiger partial charge in [0.05, 0.1) is 11.4 Å². The van der Waals surface area contributed by atoms with Crippen molar-refractivity contribution in [2.45, 2.75) is 6.54 Å². The molecule has 5 nitrogen and oxygen atoms in total. The number of hydrogen-bond acceptors (Lipinski definition) is 4. The molecule has 0 spiro atoms. The second-order valence-electron chi connectivity index (χ2n) is 6.02. The first-order valence-corrected chi connectivity index (χ1v) is 9.55. The zero-order valence-corrected chi connectivity index (χ0v) is 15.7. The van der Waals surface area contributed by atoms with Crippen molar-refractivity contribution in [1.29, 1.82) is 0 Å². The van der Waals surface area contributed by atoms with Gasteiger partial charge in [-0.05, 0) is 23.6 Å². The van der Waals surface area contributed by atoms with Crippen molar-refractivity contribution >= 4 is 34.8 Å². The first-order chi connectivity index (χ1) is 12.5. The van der Waals surface area contributed by atoms with Crippen molar-refractivity contribution in [1.82, 2.24) is 15.1 Å². The summed E-state index contributed by atoms with van der Waals surface area (Å²) in [7, 11) is 0. The maximum absolute atomic E-state index is 13.9. The first kappa shape index (κ1) is 18.8. The molecule has 1 aliphatic rings. The first-order valence-electron chi connectivity index (χ1n) is 8.29. The highest BCUT2D eigenvalue weighted by Crippen LogP contribution is 2.21. The summed E-state index contributed by atoms with van der Waals surface area (Å²) in [5.74, 6) is -0.660.